The number of anilines is 1. The molecular weight excluding hydrogens is 327 g/mol. The molecule has 2 unspecified atom stereocenters. The monoisotopic (exact) mass is 348 g/mol. The first-order chi connectivity index (χ1) is 11.0. The molecule has 0 bridgehead atoms. The highest BCUT2D eigenvalue weighted by atomic mass is 35.5. The van der Waals surface area contributed by atoms with Gasteiger partial charge in [-0.1, -0.05) is 31.2 Å². The summed E-state index contributed by atoms with van der Waals surface area (Å²) in [6.07, 6.45) is 0.772. The Balaban J connectivity index is 0.00000208. The lowest BCUT2D eigenvalue weighted by molar-refractivity contribution is 0.0729. The van der Waals surface area contributed by atoms with Crippen molar-refractivity contribution in [1.82, 2.24) is 4.90 Å². The van der Waals surface area contributed by atoms with Crippen molar-refractivity contribution in [3.05, 3.63) is 65.0 Å². The van der Waals surface area contributed by atoms with Gasteiger partial charge in [-0.2, -0.15) is 0 Å². The molecule has 0 aromatic heterocycles. The van der Waals surface area contributed by atoms with E-state index in [0.717, 1.165) is 12.0 Å². The fourth-order valence-electron chi connectivity index (χ4n) is 3.34. The summed E-state index contributed by atoms with van der Waals surface area (Å²) in [4.78, 5) is 14.8. The Labute approximate surface area is 148 Å². The molecule has 1 aliphatic heterocycles. The standard InChI is InChI=1S/C19H21FN2O.ClH/c1-12-9-18(15-5-3-4-6-17(15)20)22(11-12)19(23)16-10-14(21)8-7-13(16)2;/h3-8,10,12,18H,9,11,21H2,1-2H3;1H. The minimum atomic E-state index is -0.256. The molecule has 2 atom stereocenters. The molecule has 0 saturated carbocycles. The maximum absolute atomic E-state index is 14.2. The number of aryl methyl sites for hydroxylation is 1. The van der Waals surface area contributed by atoms with Crippen LogP contribution < -0.4 is 5.73 Å². The van der Waals surface area contributed by atoms with E-state index < -0.39 is 0 Å². The Hall–Kier alpha value is -2.07. The molecule has 24 heavy (non-hydrogen) atoms. The Bertz CT molecular complexity index is 750. The van der Waals surface area contributed by atoms with Gasteiger partial charge in [-0.15, -0.1) is 12.4 Å². The van der Waals surface area contributed by atoms with Gasteiger partial charge in [-0.3, -0.25) is 4.79 Å². The number of halogens is 2. The average molecular weight is 349 g/mol. The van der Waals surface area contributed by atoms with Crippen LogP contribution in [0.15, 0.2) is 42.5 Å². The highest BCUT2D eigenvalue weighted by Gasteiger charge is 2.36. The third-order valence-corrected chi connectivity index (χ3v) is 4.53. The first kappa shape index (κ1) is 18.3. The van der Waals surface area contributed by atoms with Gasteiger partial charge in [0.15, 0.2) is 0 Å². The molecular formula is C19H22ClFN2O. The number of hydrogen-bond acceptors (Lipinski definition) is 2. The van der Waals surface area contributed by atoms with E-state index in [1.165, 1.54) is 6.07 Å². The molecule has 0 radical (unpaired) electrons. The van der Waals surface area contributed by atoms with Crippen molar-refractivity contribution in [3.63, 3.8) is 0 Å². The third kappa shape index (κ3) is 3.39. The topological polar surface area (TPSA) is 46.3 Å². The van der Waals surface area contributed by atoms with E-state index >= 15 is 0 Å². The first-order valence-corrected chi connectivity index (χ1v) is 7.89. The third-order valence-electron chi connectivity index (χ3n) is 4.53. The van der Waals surface area contributed by atoms with Crippen LogP contribution in [0.4, 0.5) is 10.1 Å². The van der Waals surface area contributed by atoms with E-state index in [9.17, 15) is 9.18 Å². The van der Waals surface area contributed by atoms with E-state index in [1.807, 2.05) is 19.1 Å². The molecule has 0 aliphatic carbocycles. The zero-order valence-electron chi connectivity index (χ0n) is 13.8. The number of carbonyl (C=O) groups excluding carboxylic acids is 1. The lowest BCUT2D eigenvalue weighted by Gasteiger charge is -2.26. The first-order valence-electron chi connectivity index (χ1n) is 7.89. The summed E-state index contributed by atoms with van der Waals surface area (Å²) in [5.41, 5.74) is 8.47. The van der Waals surface area contributed by atoms with Crippen LogP contribution in [0.1, 0.15) is 40.9 Å². The summed E-state index contributed by atoms with van der Waals surface area (Å²) < 4.78 is 14.2. The highest BCUT2D eigenvalue weighted by Crippen LogP contribution is 2.37. The van der Waals surface area contributed by atoms with Gasteiger partial charge in [0.05, 0.1) is 6.04 Å². The maximum atomic E-state index is 14.2. The van der Waals surface area contributed by atoms with Crippen LogP contribution in [0.3, 0.4) is 0 Å². The molecule has 1 aliphatic rings. The second-order valence-corrected chi connectivity index (χ2v) is 6.41. The fourth-order valence-corrected chi connectivity index (χ4v) is 3.34. The molecule has 2 aromatic rings. The number of rotatable bonds is 2. The van der Waals surface area contributed by atoms with Crippen LogP contribution in [0.25, 0.3) is 0 Å². The van der Waals surface area contributed by atoms with Crippen LogP contribution in [0, 0.1) is 18.7 Å². The number of nitrogens with two attached hydrogens (primary N) is 1. The molecule has 1 fully saturated rings. The lowest BCUT2D eigenvalue weighted by atomic mass is 9.99. The molecule has 1 amide bonds. The summed E-state index contributed by atoms with van der Waals surface area (Å²) in [7, 11) is 0. The fraction of sp³-hybridized carbons (Fsp3) is 0.316. The van der Waals surface area contributed by atoms with Gasteiger partial charge >= 0.3 is 0 Å². The molecule has 2 N–H and O–H groups in total. The number of benzene rings is 2. The molecule has 1 saturated heterocycles. The van der Waals surface area contributed by atoms with Crippen molar-refractivity contribution < 1.29 is 9.18 Å². The van der Waals surface area contributed by atoms with Gasteiger partial charge in [0.1, 0.15) is 5.82 Å². The van der Waals surface area contributed by atoms with Gasteiger partial charge in [-0.25, -0.2) is 4.39 Å². The average Bonchev–Trinajstić information content (AvgIpc) is 2.91. The minimum absolute atomic E-state index is 0. The molecule has 128 valence electrons. The van der Waals surface area contributed by atoms with Gasteiger partial charge in [0, 0.05) is 23.4 Å². The van der Waals surface area contributed by atoms with Crippen LogP contribution >= 0.6 is 12.4 Å². The van der Waals surface area contributed by atoms with E-state index in [1.54, 1.807) is 29.2 Å². The van der Waals surface area contributed by atoms with Gasteiger partial charge in [0.2, 0.25) is 0 Å². The highest BCUT2D eigenvalue weighted by molar-refractivity contribution is 5.97. The van der Waals surface area contributed by atoms with Crippen molar-refractivity contribution in [2.45, 2.75) is 26.3 Å². The molecule has 2 aromatic carbocycles. The molecule has 0 spiro atoms. The molecule has 3 nitrogen and oxygen atoms in total. The number of hydrogen-bond donors (Lipinski definition) is 1. The van der Waals surface area contributed by atoms with Crippen molar-refractivity contribution in [2.75, 3.05) is 12.3 Å². The Kier molecular flexibility index (Phi) is 5.50. The van der Waals surface area contributed by atoms with Crippen LogP contribution in [0.5, 0.6) is 0 Å². The van der Waals surface area contributed by atoms with Crippen LogP contribution in [-0.4, -0.2) is 17.4 Å². The van der Waals surface area contributed by atoms with Crippen molar-refractivity contribution >= 4 is 24.0 Å². The van der Waals surface area contributed by atoms with E-state index in [2.05, 4.69) is 6.92 Å². The van der Waals surface area contributed by atoms with Gasteiger partial charge in [0.25, 0.3) is 5.91 Å². The predicted octanol–water partition coefficient (Wildman–Crippen LogP) is 4.36. The largest absolute Gasteiger partial charge is 0.399 e. The summed E-state index contributed by atoms with van der Waals surface area (Å²) in [6, 6.07) is 11.8. The number of nitrogens with zero attached hydrogens (tertiary/aromatic N) is 1. The van der Waals surface area contributed by atoms with Crippen LogP contribution in [-0.2, 0) is 0 Å². The van der Waals surface area contributed by atoms with Gasteiger partial charge in [-0.05, 0) is 43.0 Å². The van der Waals surface area contributed by atoms with Crippen molar-refractivity contribution in [3.8, 4) is 0 Å². The number of amides is 1. The molecule has 3 rings (SSSR count). The Morgan fingerprint density at radius 2 is 1.96 bits per heavy atom. The van der Waals surface area contributed by atoms with E-state index in [0.29, 0.717) is 29.3 Å². The minimum Gasteiger partial charge on any atom is -0.399 e. The maximum Gasteiger partial charge on any atom is 0.254 e. The Morgan fingerprint density at radius 1 is 1.25 bits per heavy atom. The molecule has 1 heterocycles. The quantitative estimate of drug-likeness (QED) is 0.819. The number of nitrogen functional groups attached to an aromatic ring is 1. The number of carbonyl (C=O) groups is 1. The zero-order valence-corrected chi connectivity index (χ0v) is 14.6. The van der Waals surface area contributed by atoms with Gasteiger partial charge < -0.3 is 10.6 Å². The van der Waals surface area contributed by atoms with E-state index in [-0.39, 0.29) is 30.2 Å². The normalized spacial score (nSPS) is 19.9. The predicted molar refractivity (Wildman–Crippen MR) is 96.8 cm³/mol. The molecule has 5 heteroatoms. The smallest absolute Gasteiger partial charge is 0.254 e. The lowest BCUT2D eigenvalue weighted by Crippen LogP contribution is -2.32. The van der Waals surface area contributed by atoms with E-state index in [4.69, 9.17) is 5.73 Å². The van der Waals surface area contributed by atoms with Crippen LogP contribution in [0.2, 0.25) is 0 Å². The second kappa shape index (κ2) is 7.22. The number of likely N-dealkylation sites (tertiary alicyclic amines) is 1. The summed E-state index contributed by atoms with van der Waals surface area (Å²) >= 11 is 0. The summed E-state index contributed by atoms with van der Waals surface area (Å²) in [5, 5.41) is 0. The zero-order chi connectivity index (χ0) is 16.6. The summed E-state index contributed by atoms with van der Waals surface area (Å²) in [6.45, 7) is 4.61. The SMILES string of the molecule is Cc1ccc(N)cc1C(=O)N1CC(C)CC1c1ccccc1F.Cl. The Morgan fingerprint density at radius 3 is 2.67 bits per heavy atom. The second-order valence-electron chi connectivity index (χ2n) is 6.41. The van der Waals surface area contributed by atoms with Crippen molar-refractivity contribution in [1.29, 1.82) is 0 Å². The summed E-state index contributed by atoms with van der Waals surface area (Å²) in [5.74, 6) is 0.00558. The van der Waals surface area contributed by atoms with Crippen molar-refractivity contribution in [2.24, 2.45) is 5.92 Å².